The zero-order valence-electron chi connectivity index (χ0n) is 11.1. The molecule has 0 bridgehead atoms. The highest BCUT2D eigenvalue weighted by Gasteiger charge is 2.26. The van der Waals surface area contributed by atoms with Gasteiger partial charge in [-0.1, -0.05) is 24.3 Å². The Kier molecular flexibility index (Phi) is 4.37. The average molecular weight is 246 g/mol. The summed E-state index contributed by atoms with van der Waals surface area (Å²) in [5.74, 6) is 0.256. The van der Waals surface area contributed by atoms with Crippen molar-refractivity contribution in [3.8, 4) is 0 Å². The van der Waals surface area contributed by atoms with Gasteiger partial charge in [-0.3, -0.25) is 4.79 Å². The van der Waals surface area contributed by atoms with Crippen LogP contribution in [-0.2, 0) is 11.2 Å². The minimum Gasteiger partial charge on any atom is -0.338 e. The maximum atomic E-state index is 12.2. The molecule has 0 unspecified atom stereocenters. The second-order valence-electron chi connectivity index (χ2n) is 5.05. The lowest BCUT2D eigenvalue weighted by atomic mass is 10.0. The van der Waals surface area contributed by atoms with Crippen molar-refractivity contribution >= 4 is 5.91 Å². The summed E-state index contributed by atoms with van der Waals surface area (Å²) in [5.41, 5.74) is 8.24. The van der Waals surface area contributed by atoms with Crippen LogP contribution in [0.3, 0.4) is 0 Å². The van der Waals surface area contributed by atoms with Crippen LogP contribution in [0.5, 0.6) is 0 Å². The van der Waals surface area contributed by atoms with Crippen molar-refractivity contribution in [2.75, 3.05) is 13.1 Å². The number of nitrogens with zero attached hydrogens (tertiary/aromatic N) is 1. The molecule has 98 valence electrons. The van der Waals surface area contributed by atoms with E-state index in [2.05, 4.69) is 19.1 Å². The molecule has 1 aliphatic rings. The fourth-order valence-electron chi connectivity index (χ4n) is 2.68. The molecule has 0 saturated carbocycles. The minimum atomic E-state index is 0.256. The number of hydrogen-bond acceptors (Lipinski definition) is 2. The predicted octanol–water partition coefficient (Wildman–Crippen LogP) is 1.88. The molecule has 1 saturated heterocycles. The van der Waals surface area contributed by atoms with Crippen molar-refractivity contribution in [1.29, 1.82) is 0 Å². The summed E-state index contributed by atoms with van der Waals surface area (Å²) in [7, 11) is 0. The molecule has 2 N–H and O–H groups in total. The molecule has 0 aliphatic carbocycles. The number of hydrogen-bond donors (Lipinski definition) is 1. The van der Waals surface area contributed by atoms with Gasteiger partial charge in [0, 0.05) is 25.6 Å². The van der Waals surface area contributed by atoms with E-state index in [4.69, 9.17) is 5.73 Å². The van der Waals surface area contributed by atoms with E-state index < -0.39 is 0 Å². The van der Waals surface area contributed by atoms with E-state index in [1.54, 1.807) is 0 Å². The van der Waals surface area contributed by atoms with Crippen LogP contribution in [-0.4, -0.2) is 29.9 Å². The van der Waals surface area contributed by atoms with E-state index >= 15 is 0 Å². The smallest absolute Gasteiger partial charge is 0.223 e. The maximum absolute atomic E-state index is 12.2. The third-order valence-electron chi connectivity index (χ3n) is 3.84. The first-order valence-electron chi connectivity index (χ1n) is 6.76. The largest absolute Gasteiger partial charge is 0.338 e. The Bertz CT molecular complexity index is 417. The van der Waals surface area contributed by atoms with Crippen LogP contribution in [0.25, 0.3) is 0 Å². The third-order valence-corrected chi connectivity index (χ3v) is 3.84. The fraction of sp³-hybridized carbons (Fsp3) is 0.533. The number of carbonyl (C=O) groups is 1. The number of carbonyl (C=O) groups excluding carboxylic acids is 1. The third kappa shape index (κ3) is 2.91. The molecule has 1 aliphatic heterocycles. The maximum Gasteiger partial charge on any atom is 0.223 e. The summed E-state index contributed by atoms with van der Waals surface area (Å²) in [6.07, 6.45) is 3.59. The van der Waals surface area contributed by atoms with Gasteiger partial charge in [0.05, 0.1) is 0 Å². The zero-order chi connectivity index (χ0) is 13.0. The van der Waals surface area contributed by atoms with E-state index in [-0.39, 0.29) is 11.9 Å². The molecule has 1 fully saturated rings. The van der Waals surface area contributed by atoms with Crippen LogP contribution in [0.4, 0.5) is 0 Å². The Balaban J connectivity index is 1.90. The summed E-state index contributed by atoms with van der Waals surface area (Å²) in [4.78, 5) is 14.1. The van der Waals surface area contributed by atoms with E-state index in [1.807, 2.05) is 17.0 Å². The molecule has 1 aromatic carbocycles. The van der Waals surface area contributed by atoms with Crippen LogP contribution in [0, 0.1) is 6.92 Å². The number of rotatable bonds is 4. The standard InChI is InChI=1S/C15H22N2O/c1-12-5-2-3-6-13(12)8-9-15(18)17-10-4-7-14(17)11-16/h2-3,5-6,14H,4,7-11,16H2,1H3/t14-/m0/s1. The minimum absolute atomic E-state index is 0.256. The van der Waals surface area contributed by atoms with Crippen LogP contribution >= 0.6 is 0 Å². The molecule has 0 spiro atoms. The lowest BCUT2D eigenvalue weighted by molar-refractivity contribution is -0.131. The molecular weight excluding hydrogens is 224 g/mol. The molecule has 3 heteroatoms. The first kappa shape index (κ1) is 13.1. The number of nitrogens with two attached hydrogens (primary N) is 1. The van der Waals surface area contributed by atoms with Gasteiger partial charge in [0.25, 0.3) is 0 Å². The Morgan fingerprint density at radius 1 is 1.44 bits per heavy atom. The van der Waals surface area contributed by atoms with Gasteiger partial charge < -0.3 is 10.6 Å². The van der Waals surface area contributed by atoms with Gasteiger partial charge in [-0.2, -0.15) is 0 Å². The second-order valence-corrected chi connectivity index (χ2v) is 5.05. The molecule has 1 atom stereocenters. The van der Waals surface area contributed by atoms with Crippen molar-refractivity contribution in [2.24, 2.45) is 5.73 Å². The summed E-state index contributed by atoms with van der Waals surface area (Å²) < 4.78 is 0. The first-order valence-corrected chi connectivity index (χ1v) is 6.76. The van der Waals surface area contributed by atoms with E-state index in [1.165, 1.54) is 11.1 Å². The lowest BCUT2D eigenvalue weighted by Crippen LogP contribution is -2.40. The van der Waals surface area contributed by atoms with Gasteiger partial charge >= 0.3 is 0 Å². The number of benzene rings is 1. The molecular formula is C15H22N2O. The average Bonchev–Trinajstić information content (AvgIpc) is 2.86. The second kappa shape index (κ2) is 6.01. The molecule has 3 nitrogen and oxygen atoms in total. The van der Waals surface area contributed by atoms with Crippen molar-refractivity contribution < 1.29 is 4.79 Å². The first-order chi connectivity index (χ1) is 8.72. The Labute approximate surface area is 109 Å². The van der Waals surface area contributed by atoms with Gasteiger partial charge in [-0.25, -0.2) is 0 Å². The quantitative estimate of drug-likeness (QED) is 0.881. The molecule has 0 aromatic heterocycles. The SMILES string of the molecule is Cc1ccccc1CCC(=O)N1CCC[C@H]1CN. The normalized spacial score (nSPS) is 19.2. The molecule has 2 rings (SSSR count). The number of aryl methyl sites for hydroxylation is 2. The molecule has 18 heavy (non-hydrogen) atoms. The fourth-order valence-corrected chi connectivity index (χ4v) is 2.68. The van der Waals surface area contributed by atoms with Crippen LogP contribution in [0.2, 0.25) is 0 Å². The molecule has 1 heterocycles. The van der Waals surface area contributed by atoms with Gasteiger partial charge in [0.1, 0.15) is 0 Å². The molecule has 0 radical (unpaired) electrons. The topological polar surface area (TPSA) is 46.3 Å². The summed E-state index contributed by atoms with van der Waals surface area (Å²) in [6.45, 7) is 3.57. The van der Waals surface area contributed by atoms with Crippen molar-refractivity contribution in [1.82, 2.24) is 4.90 Å². The van der Waals surface area contributed by atoms with E-state index in [0.717, 1.165) is 25.8 Å². The highest BCUT2D eigenvalue weighted by Crippen LogP contribution is 2.18. The van der Waals surface area contributed by atoms with Crippen molar-refractivity contribution in [3.63, 3.8) is 0 Å². The monoisotopic (exact) mass is 246 g/mol. The number of amides is 1. The number of likely N-dealkylation sites (tertiary alicyclic amines) is 1. The summed E-state index contributed by atoms with van der Waals surface area (Å²) >= 11 is 0. The highest BCUT2D eigenvalue weighted by atomic mass is 16.2. The Morgan fingerprint density at radius 3 is 2.94 bits per heavy atom. The van der Waals surface area contributed by atoms with Gasteiger partial charge in [0.2, 0.25) is 5.91 Å². The van der Waals surface area contributed by atoms with Crippen molar-refractivity contribution in [2.45, 2.75) is 38.6 Å². The highest BCUT2D eigenvalue weighted by molar-refractivity contribution is 5.77. The molecule has 1 aromatic rings. The Morgan fingerprint density at radius 2 is 2.22 bits per heavy atom. The predicted molar refractivity (Wildman–Crippen MR) is 73.3 cm³/mol. The van der Waals surface area contributed by atoms with E-state index in [9.17, 15) is 4.79 Å². The lowest BCUT2D eigenvalue weighted by Gasteiger charge is -2.23. The van der Waals surface area contributed by atoms with Gasteiger partial charge in [-0.15, -0.1) is 0 Å². The van der Waals surface area contributed by atoms with Gasteiger partial charge in [0.15, 0.2) is 0 Å². The zero-order valence-corrected chi connectivity index (χ0v) is 11.1. The molecule has 1 amide bonds. The van der Waals surface area contributed by atoms with Crippen molar-refractivity contribution in [3.05, 3.63) is 35.4 Å². The summed E-state index contributed by atoms with van der Waals surface area (Å²) in [6, 6.07) is 8.54. The van der Waals surface area contributed by atoms with Crippen LogP contribution in [0.1, 0.15) is 30.4 Å². The van der Waals surface area contributed by atoms with Gasteiger partial charge in [-0.05, 0) is 37.3 Å². The van der Waals surface area contributed by atoms with E-state index in [0.29, 0.717) is 13.0 Å². The van der Waals surface area contributed by atoms with Crippen LogP contribution in [0.15, 0.2) is 24.3 Å². The Hall–Kier alpha value is -1.35. The van der Waals surface area contributed by atoms with Crippen LogP contribution < -0.4 is 5.73 Å². The summed E-state index contributed by atoms with van der Waals surface area (Å²) in [5, 5.41) is 0.